The van der Waals surface area contributed by atoms with Gasteiger partial charge >= 0.3 is 5.97 Å². The van der Waals surface area contributed by atoms with E-state index in [-0.39, 0.29) is 0 Å². The van der Waals surface area contributed by atoms with Gasteiger partial charge in [0.25, 0.3) is 0 Å². The maximum Gasteiger partial charge on any atom is 0.325 e. The summed E-state index contributed by atoms with van der Waals surface area (Å²) < 4.78 is 0. The number of nitroso groups, excluding NO2 is 1. The minimum absolute atomic E-state index is 0.423. The van der Waals surface area contributed by atoms with E-state index < -0.39 is 12.5 Å². The van der Waals surface area contributed by atoms with Crippen molar-refractivity contribution >= 4 is 11.7 Å². The Hall–Kier alpha value is -1.91. The van der Waals surface area contributed by atoms with Crippen molar-refractivity contribution in [3.8, 4) is 0 Å². The molecule has 0 aliphatic heterocycles. The van der Waals surface area contributed by atoms with Gasteiger partial charge in [0.15, 0.2) is 0 Å². The molecule has 0 spiro atoms. The monoisotopic (exact) mass is 208 g/mol. The number of rotatable bonds is 4. The Bertz CT molecular complexity index is 390. The van der Waals surface area contributed by atoms with Gasteiger partial charge in [0.1, 0.15) is 6.54 Å². The standard InChI is InChI=1S/C10H12N2O3/c1-7-3-4-9(8(2)5-7)12(11-15)6-10(13)14/h3-5H,6H2,1-2H3,(H,13,14). The van der Waals surface area contributed by atoms with Crippen LogP contribution in [0.15, 0.2) is 23.5 Å². The van der Waals surface area contributed by atoms with Crippen LogP contribution in [0.4, 0.5) is 5.69 Å². The Balaban J connectivity index is 3.01. The highest BCUT2D eigenvalue weighted by atomic mass is 16.4. The molecule has 5 nitrogen and oxygen atoms in total. The molecule has 1 N–H and O–H groups in total. The Morgan fingerprint density at radius 2 is 2.13 bits per heavy atom. The smallest absolute Gasteiger partial charge is 0.325 e. The fraction of sp³-hybridized carbons (Fsp3) is 0.300. The number of benzene rings is 1. The fourth-order valence-corrected chi connectivity index (χ4v) is 1.38. The number of nitrogens with zero attached hydrogens (tertiary/aromatic N) is 2. The highest BCUT2D eigenvalue weighted by Gasteiger charge is 2.12. The van der Waals surface area contributed by atoms with E-state index in [1.54, 1.807) is 6.07 Å². The second-order valence-electron chi connectivity index (χ2n) is 3.32. The van der Waals surface area contributed by atoms with Crippen LogP contribution in [-0.2, 0) is 4.79 Å². The maximum atomic E-state index is 10.5. The average molecular weight is 208 g/mol. The molecule has 0 aliphatic rings. The van der Waals surface area contributed by atoms with Gasteiger partial charge in [0, 0.05) is 0 Å². The van der Waals surface area contributed by atoms with Crippen molar-refractivity contribution in [1.29, 1.82) is 0 Å². The van der Waals surface area contributed by atoms with Gasteiger partial charge in [-0.3, -0.25) is 4.79 Å². The molecule has 0 atom stereocenters. The molecule has 0 aromatic heterocycles. The van der Waals surface area contributed by atoms with Crippen molar-refractivity contribution in [2.45, 2.75) is 13.8 Å². The molecule has 0 aliphatic carbocycles. The summed E-state index contributed by atoms with van der Waals surface area (Å²) >= 11 is 0. The Kier molecular flexibility index (Phi) is 3.38. The van der Waals surface area contributed by atoms with E-state index in [9.17, 15) is 9.70 Å². The summed E-state index contributed by atoms with van der Waals surface area (Å²) in [4.78, 5) is 21.0. The average Bonchev–Trinajstić information content (AvgIpc) is 2.14. The molecular formula is C10H12N2O3. The van der Waals surface area contributed by atoms with Gasteiger partial charge in [0.05, 0.1) is 11.0 Å². The number of anilines is 1. The summed E-state index contributed by atoms with van der Waals surface area (Å²) in [5.74, 6) is -1.09. The van der Waals surface area contributed by atoms with E-state index in [1.165, 1.54) is 0 Å². The molecule has 1 aromatic carbocycles. The lowest BCUT2D eigenvalue weighted by Gasteiger charge is -2.15. The van der Waals surface area contributed by atoms with E-state index in [0.29, 0.717) is 5.69 Å². The van der Waals surface area contributed by atoms with E-state index >= 15 is 0 Å². The Labute approximate surface area is 87.3 Å². The number of carboxylic acid groups (broad SMARTS) is 1. The molecule has 1 aromatic rings. The third-order valence-electron chi connectivity index (χ3n) is 2.01. The number of hydrogen-bond acceptors (Lipinski definition) is 3. The first-order chi connectivity index (χ1) is 7.04. The van der Waals surface area contributed by atoms with Crippen molar-refractivity contribution in [3.05, 3.63) is 34.2 Å². The van der Waals surface area contributed by atoms with E-state index in [1.807, 2.05) is 26.0 Å². The van der Waals surface area contributed by atoms with E-state index in [4.69, 9.17) is 5.11 Å². The van der Waals surface area contributed by atoms with Crippen LogP contribution in [0.25, 0.3) is 0 Å². The highest BCUT2D eigenvalue weighted by Crippen LogP contribution is 2.21. The van der Waals surface area contributed by atoms with Crippen molar-refractivity contribution in [1.82, 2.24) is 0 Å². The summed E-state index contributed by atoms with van der Waals surface area (Å²) in [7, 11) is 0. The summed E-state index contributed by atoms with van der Waals surface area (Å²) in [6.45, 7) is 3.31. The van der Waals surface area contributed by atoms with Crippen LogP contribution in [0.3, 0.4) is 0 Å². The predicted octanol–water partition coefficient (Wildman–Crippen LogP) is 1.88. The summed E-state index contributed by atoms with van der Waals surface area (Å²) in [5.41, 5.74) is 2.41. The summed E-state index contributed by atoms with van der Waals surface area (Å²) in [5, 5.41) is 12.2. The molecule has 5 heteroatoms. The lowest BCUT2D eigenvalue weighted by Crippen LogP contribution is -2.24. The van der Waals surface area contributed by atoms with Crippen LogP contribution in [0.5, 0.6) is 0 Å². The summed E-state index contributed by atoms with van der Waals surface area (Å²) in [6.07, 6.45) is 0. The molecular weight excluding hydrogens is 196 g/mol. The van der Waals surface area contributed by atoms with Gasteiger partial charge in [-0.1, -0.05) is 17.7 Å². The zero-order valence-electron chi connectivity index (χ0n) is 8.60. The van der Waals surface area contributed by atoms with Gasteiger partial charge in [-0.25, -0.2) is 5.01 Å². The topological polar surface area (TPSA) is 70.0 Å². The van der Waals surface area contributed by atoms with Crippen molar-refractivity contribution in [2.75, 3.05) is 11.6 Å². The van der Waals surface area contributed by atoms with Crippen LogP contribution in [0, 0.1) is 18.8 Å². The lowest BCUT2D eigenvalue weighted by molar-refractivity contribution is -0.135. The highest BCUT2D eigenvalue weighted by molar-refractivity contribution is 5.74. The van der Waals surface area contributed by atoms with Gasteiger partial charge in [-0.15, -0.1) is 4.91 Å². The second kappa shape index (κ2) is 4.54. The minimum atomic E-state index is -1.09. The van der Waals surface area contributed by atoms with Crippen LogP contribution in [0.2, 0.25) is 0 Å². The number of aliphatic carboxylic acids is 1. The largest absolute Gasteiger partial charge is 0.480 e. The predicted molar refractivity (Wildman–Crippen MR) is 56.7 cm³/mol. The van der Waals surface area contributed by atoms with Gasteiger partial charge in [-0.05, 0) is 25.5 Å². The molecule has 1 rings (SSSR count). The van der Waals surface area contributed by atoms with Gasteiger partial charge in [0.2, 0.25) is 0 Å². The van der Waals surface area contributed by atoms with Crippen LogP contribution in [-0.4, -0.2) is 17.6 Å². The number of carbonyl (C=O) groups is 1. The molecule has 0 saturated carbocycles. The molecule has 0 bridgehead atoms. The van der Waals surface area contributed by atoms with Crippen LogP contribution >= 0.6 is 0 Å². The minimum Gasteiger partial charge on any atom is -0.480 e. The molecule has 0 radical (unpaired) electrons. The molecule has 0 saturated heterocycles. The zero-order chi connectivity index (χ0) is 11.4. The zero-order valence-corrected chi connectivity index (χ0v) is 8.60. The quantitative estimate of drug-likeness (QED) is 0.605. The Morgan fingerprint density at radius 1 is 1.47 bits per heavy atom. The van der Waals surface area contributed by atoms with Gasteiger partial charge in [-0.2, -0.15) is 0 Å². The Morgan fingerprint density at radius 3 is 2.60 bits per heavy atom. The van der Waals surface area contributed by atoms with E-state index in [2.05, 4.69) is 5.29 Å². The molecule has 80 valence electrons. The third-order valence-corrected chi connectivity index (χ3v) is 2.01. The first-order valence-electron chi connectivity index (χ1n) is 4.44. The van der Waals surface area contributed by atoms with Crippen LogP contribution in [0.1, 0.15) is 11.1 Å². The van der Waals surface area contributed by atoms with E-state index in [0.717, 1.165) is 16.1 Å². The molecule has 0 amide bonds. The molecule has 0 heterocycles. The van der Waals surface area contributed by atoms with Crippen molar-refractivity contribution in [2.24, 2.45) is 5.29 Å². The lowest BCUT2D eigenvalue weighted by atomic mass is 10.1. The number of hydrogen-bond donors (Lipinski definition) is 1. The normalized spacial score (nSPS) is 9.73. The number of carboxylic acids is 1. The van der Waals surface area contributed by atoms with Gasteiger partial charge < -0.3 is 5.11 Å². The van der Waals surface area contributed by atoms with Crippen molar-refractivity contribution in [3.63, 3.8) is 0 Å². The second-order valence-corrected chi connectivity index (χ2v) is 3.32. The first kappa shape index (κ1) is 11.2. The summed E-state index contributed by atoms with van der Waals surface area (Å²) in [6, 6.07) is 5.37. The third kappa shape index (κ3) is 2.77. The SMILES string of the molecule is Cc1ccc(N(CC(=O)O)N=O)c(C)c1. The maximum absolute atomic E-state index is 10.5. The molecule has 0 unspecified atom stereocenters. The molecule has 0 fully saturated rings. The fourth-order valence-electron chi connectivity index (χ4n) is 1.38. The first-order valence-corrected chi connectivity index (χ1v) is 4.44. The molecule has 15 heavy (non-hydrogen) atoms. The van der Waals surface area contributed by atoms with Crippen LogP contribution < -0.4 is 5.01 Å². The van der Waals surface area contributed by atoms with Crippen molar-refractivity contribution < 1.29 is 9.90 Å². The number of aryl methyl sites for hydroxylation is 2.